The number of nitrogens with one attached hydrogen (secondary N) is 2. The van der Waals surface area contributed by atoms with Gasteiger partial charge in [0.05, 0.1) is 23.0 Å². The summed E-state index contributed by atoms with van der Waals surface area (Å²) in [6, 6.07) is 10.3. The molecule has 1 fully saturated rings. The summed E-state index contributed by atoms with van der Waals surface area (Å²) in [5, 5.41) is 4.92. The number of benzene rings is 2. The highest BCUT2D eigenvalue weighted by Crippen LogP contribution is 2.34. The Balaban J connectivity index is 1.64. The van der Waals surface area contributed by atoms with Crippen LogP contribution in [0.2, 0.25) is 0 Å². The third-order valence-corrected chi connectivity index (χ3v) is 5.08. The molecular formula is C23H25F3N2O3. The number of hydrogen-bond acceptors (Lipinski definition) is 3. The molecule has 0 unspecified atom stereocenters. The number of aryl methyl sites for hydroxylation is 1. The molecule has 31 heavy (non-hydrogen) atoms. The molecule has 0 saturated heterocycles. The number of alkyl halides is 3. The van der Waals surface area contributed by atoms with E-state index in [-0.39, 0.29) is 23.9 Å². The molecule has 1 aliphatic carbocycles. The number of ether oxygens (including phenoxy) is 1. The standard InChI is InChI=1S/C23H25F3N2O3/c1-15(29)27-20-11-10-17(23(24,25)26)14-21(20)28-22(30)12-9-16-5-4-8-19(13-16)31-18-6-2-3-7-18/h4-5,8,10-11,13-14,18H,2-3,6-7,9,12H2,1H3,(H,27,29)(H,28,30). The van der Waals surface area contributed by atoms with Crippen LogP contribution in [0.15, 0.2) is 42.5 Å². The van der Waals surface area contributed by atoms with Crippen LogP contribution in [0.3, 0.4) is 0 Å². The molecule has 1 saturated carbocycles. The van der Waals surface area contributed by atoms with Gasteiger partial charge in [0, 0.05) is 13.3 Å². The lowest BCUT2D eigenvalue weighted by Crippen LogP contribution is -2.17. The van der Waals surface area contributed by atoms with E-state index in [1.807, 2.05) is 24.3 Å². The van der Waals surface area contributed by atoms with Crippen molar-refractivity contribution in [3.05, 3.63) is 53.6 Å². The van der Waals surface area contributed by atoms with Gasteiger partial charge in [-0.15, -0.1) is 0 Å². The Bertz CT molecular complexity index is 938. The van der Waals surface area contributed by atoms with E-state index in [4.69, 9.17) is 4.74 Å². The van der Waals surface area contributed by atoms with E-state index in [9.17, 15) is 22.8 Å². The van der Waals surface area contributed by atoms with Crippen LogP contribution in [0.25, 0.3) is 0 Å². The molecule has 0 aromatic heterocycles. The van der Waals surface area contributed by atoms with Crippen LogP contribution < -0.4 is 15.4 Å². The average molecular weight is 434 g/mol. The van der Waals surface area contributed by atoms with Crippen LogP contribution in [-0.2, 0) is 22.2 Å². The maximum Gasteiger partial charge on any atom is 0.416 e. The van der Waals surface area contributed by atoms with E-state index in [1.54, 1.807) is 0 Å². The normalized spacial score (nSPS) is 14.3. The van der Waals surface area contributed by atoms with Crippen molar-refractivity contribution in [1.82, 2.24) is 0 Å². The lowest BCUT2D eigenvalue weighted by atomic mass is 10.1. The molecule has 2 amide bonds. The molecule has 0 heterocycles. The van der Waals surface area contributed by atoms with Gasteiger partial charge < -0.3 is 15.4 Å². The summed E-state index contributed by atoms with van der Waals surface area (Å²) in [5.74, 6) is -0.141. The van der Waals surface area contributed by atoms with Crippen molar-refractivity contribution >= 4 is 23.2 Å². The van der Waals surface area contributed by atoms with E-state index >= 15 is 0 Å². The van der Waals surface area contributed by atoms with Crippen LogP contribution in [0, 0.1) is 0 Å². The summed E-state index contributed by atoms with van der Waals surface area (Å²) in [7, 11) is 0. The first-order valence-electron chi connectivity index (χ1n) is 10.2. The van der Waals surface area contributed by atoms with Gasteiger partial charge in [-0.05, 0) is 68.0 Å². The molecular weight excluding hydrogens is 409 g/mol. The fraction of sp³-hybridized carbons (Fsp3) is 0.391. The van der Waals surface area contributed by atoms with Crippen molar-refractivity contribution in [3.63, 3.8) is 0 Å². The predicted octanol–water partition coefficient (Wildman–Crippen LogP) is 5.56. The van der Waals surface area contributed by atoms with Gasteiger partial charge in [0.25, 0.3) is 0 Å². The molecule has 0 atom stereocenters. The minimum atomic E-state index is -4.56. The number of halogens is 3. The van der Waals surface area contributed by atoms with Gasteiger partial charge in [-0.3, -0.25) is 9.59 Å². The quantitative estimate of drug-likeness (QED) is 0.600. The number of amides is 2. The lowest BCUT2D eigenvalue weighted by molar-refractivity contribution is -0.137. The number of carbonyl (C=O) groups excluding carboxylic acids is 2. The molecule has 0 radical (unpaired) electrons. The van der Waals surface area contributed by atoms with Crippen LogP contribution in [0.1, 0.15) is 50.2 Å². The summed E-state index contributed by atoms with van der Waals surface area (Å²) in [4.78, 5) is 23.8. The van der Waals surface area contributed by atoms with Gasteiger partial charge >= 0.3 is 6.18 Å². The van der Waals surface area contributed by atoms with Crippen LogP contribution >= 0.6 is 0 Å². The molecule has 1 aliphatic rings. The van der Waals surface area contributed by atoms with E-state index in [2.05, 4.69) is 10.6 Å². The zero-order chi connectivity index (χ0) is 22.4. The molecule has 5 nitrogen and oxygen atoms in total. The highest BCUT2D eigenvalue weighted by molar-refractivity contribution is 5.99. The second-order valence-corrected chi connectivity index (χ2v) is 7.66. The molecule has 2 aromatic carbocycles. The van der Waals surface area contributed by atoms with E-state index in [0.717, 1.165) is 42.4 Å². The van der Waals surface area contributed by atoms with Gasteiger partial charge in [0.15, 0.2) is 0 Å². The van der Waals surface area contributed by atoms with Crippen molar-refractivity contribution in [2.24, 2.45) is 0 Å². The maximum absolute atomic E-state index is 13.0. The number of carbonyl (C=O) groups is 2. The lowest BCUT2D eigenvalue weighted by Gasteiger charge is -2.15. The Morgan fingerprint density at radius 3 is 2.45 bits per heavy atom. The van der Waals surface area contributed by atoms with Crippen molar-refractivity contribution in [3.8, 4) is 5.75 Å². The number of rotatable bonds is 7. The zero-order valence-electron chi connectivity index (χ0n) is 17.2. The Hall–Kier alpha value is -3.03. The number of anilines is 2. The van der Waals surface area contributed by atoms with Crippen LogP contribution in [0.4, 0.5) is 24.5 Å². The fourth-order valence-electron chi connectivity index (χ4n) is 3.57. The van der Waals surface area contributed by atoms with E-state index in [1.165, 1.54) is 19.8 Å². The SMILES string of the molecule is CC(=O)Nc1ccc(C(F)(F)F)cc1NC(=O)CCc1cccc(OC2CCCC2)c1. The second kappa shape index (κ2) is 9.85. The summed E-state index contributed by atoms with van der Waals surface area (Å²) >= 11 is 0. The van der Waals surface area contributed by atoms with Crippen LogP contribution in [0.5, 0.6) is 5.75 Å². The van der Waals surface area contributed by atoms with Crippen LogP contribution in [-0.4, -0.2) is 17.9 Å². The van der Waals surface area contributed by atoms with Gasteiger partial charge in [-0.1, -0.05) is 12.1 Å². The third kappa shape index (κ3) is 6.73. The third-order valence-electron chi connectivity index (χ3n) is 5.08. The first kappa shape index (κ1) is 22.7. The molecule has 166 valence electrons. The second-order valence-electron chi connectivity index (χ2n) is 7.66. The van der Waals surface area contributed by atoms with Crippen molar-refractivity contribution in [2.45, 2.75) is 57.7 Å². The smallest absolute Gasteiger partial charge is 0.416 e. The monoisotopic (exact) mass is 434 g/mol. The highest BCUT2D eigenvalue weighted by Gasteiger charge is 2.31. The van der Waals surface area contributed by atoms with Gasteiger partial charge in [-0.2, -0.15) is 13.2 Å². The van der Waals surface area contributed by atoms with Crippen molar-refractivity contribution in [2.75, 3.05) is 10.6 Å². The van der Waals surface area contributed by atoms with E-state index in [0.29, 0.717) is 6.42 Å². The molecule has 0 bridgehead atoms. The fourth-order valence-corrected chi connectivity index (χ4v) is 3.57. The molecule has 0 aliphatic heterocycles. The Morgan fingerprint density at radius 2 is 1.77 bits per heavy atom. The maximum atomic E-state index is 13.0. The Kier molecular flexibility index (Phi) is 7.20. The van der Waals surface area contributed by atoms with E-state index < -0.39 is 23.6 Å². The molecule has 3 rings (SSSR count). The molecule has 2 aromatic rings. The minimum absolute atomic E-state index is 0.0721. The Morgan fingerprint density at radius 1 is 1.03 bits per heavy atom. The summed E-state index contributed by atoms with van der Waals surface area (Å²) in [6.07, 6.45) is 0.562. The first-order chi connectivity index (χ1) is 14.7. The largest absolute Gasteiger partial charge is 0.490 e. The Labute approximate surface area is 179 Å². The molecule has 2 N–H and O–H groups in total. The van der Waals surface area contributed by atoms with Crippen molar-refractivity contribution in [1.29, 1.82) is 0 Å². The average Bonchev–Trinajstić information content (AvgIpc) is 3.20. The molecule has 8 heteroatoms. The molecule has 0 spiro atoms. The number of hydrogen-bond donors (Lipinski definition) is 2. The topological polar surface area (TPSA) is 67.4 Å². The summed E-state index contributed by atoms with van der Waals surface area (Å²) < 4.78 is 45.1. The first-order valence-corrected chi connectivity index (χ1v) is 10.2. The summed E-state index contributed by atoms with van der Waals surface area (Å²) in [6.45, 7) is 1.24. The van der Waals surface area contributed by atoms with Gasteiger partial charge in [0.2, 0.25) is 11.8 Å². The van der Waals surface area contributed by atoms with Crippen molar-refractivity contribution < 1.29 is 27.5 Å². The minimum Gasteiger partial charge on any atom is -0.490 e. The summed E-state index contributed by atoms with van der Waals surface area (Å²) in [5.41, 5.74) is 0.0135. The van der Waals surface area contributed by atoms with Gasteiger partial charge in [0.1, 0.15) is 5.75 Å². The predicted molar refractivity (Wildman–Crippen MR) is 112 cm³/mol. The highest BCUT2D eigenvalue weighted by atomic mass is 19.4. The van der Waals surface area contributed by atoms with Gasteiger partial charge in [-0.25, -0.2) is 0 Å². The zero-order valence-corrected chi connectivity index (χ0v) is 17.2.